The van der Waals surface area contributed by atoms with E-state index in [9.17, 15) is 4.79 Å². The largest absolute Gasteiger partial charge is 0.339 e. The molecule has 0 aromatic carbocycles. The van der Waals surface area contributed by atoms with Crippen LogP contribution < -0.4 is 5.73 Å². The number of amides is 1. The first-order valence-corrected chi connectivity index (χ1v) is 6.77. The van der Waals surface area contributed by atoms with Crippen molar-refractivity contribution in [1.82, 2.24) is 4.90 Å². The fourth-order valence-electron chi connectivity index (χ4n) is 3.25. The van der Waals surface area contributed by atoms with Crippen molar-refractivity contribution in [3.05, 3.63) is 0 Å². The van der Waals surface area contributed by atoms with E-state index in [2.05, 4.69) is 4.90 Å². The Morgan fingerprint density at radius 3 is 2.88 bits per heavy atom. The van der Waals surface area contributed by atoms with E-state index in [-0.39, 0.29) is 6.04 Å². The highest BCUT2D eigenvalue weighted by Gasteiger charge is 2.37. The highest BCUT2D eigenvalue weighted by atomic mass is 16.2. The van der Waals surface area contributed by atoms with Gasteiger partial charge in [-0.1, -0.05) is 13.3 Å². The number of hydrogen-bond acceptors (Lipinski definition) is 2. The highest BCUT2D eigenvalue weighted by Crippen LogP contribution is 2.36. The standard InChI is InChI=1S/C13H24N2O/c1-2-11(14)9-13(16)15-8-4-6-10-5-3-7-12(10)15/h10-12H,2-9,14H2,1H3. The van der Waals surface area contributed by atoms with Crippen molar-refractivity contribution >= 4 is 5.91 Å². The maximum absolute atomic E-state index is 12.2. The molecule has 3 heteroatoms. The molecule has 1 saturated carbocycles. The van der Waals surface area contributed by atoms with Crippen LogP contribution in [0, 0.1) is 5.92 Å². The summed E-state index contributed by atoms with van der Waals surface area (Å²) in [6.45, 7) is 3.02. The Bertz CT molecular complexity index is 254. The van der Waals surface area contributed by atoms with Gasteiger partial charge in [0.25, 0.3) is 0 Å². The van der Waals surface area contributed by atoms with Crippen LogP contribution >= 0.6 is 0 Å². The Morgan fingerprint density at radius 1 is 1.38 bits per heavy atom. The molecule has 3 unspecified atom stereocenters. The molecule has 92 valence electrons. The lowest BCUT2D eigenvalue weighted by atomic mass is 9.91. The van der Waals surface area contributed by atoms with Gasteiger partial charge in [-0.2, -0.15) is 0 Å². The number of piperidine rings is 1. The lowest BCUT2D eigenvalue weighted by Crippen LogP contribution is -2.47. The third-order valence-corrected chi connectivity index (χ3v) is 4.27. The van der Waals surface area contributed by atoms with Gasteiger partial charge >= 0.3 is 0 Å². The number of hydrogen-bond donors (Lipinski definition) is 1. The predicted octanol–water partition coefficient (Wildman–Crippen LogP) is 1.90. The number of likely N-dealkylation sites (tertiary alicyclic amines) is 1. The second-order valence-electron chi connectivity index (χ2n) is 5.36. The van der Waals surface area contributed by atoms with E-state index in [1.807, 2.05) is 6.92 Å². The predicted molar refractivity (Wildman–Crippen MR) is 65.0 cm³/mol. The monoisotopic (exact) mass is 224 g/mol. The molecule has 0 spiro atoms. The smallest absolute Gasteiger partial charge is 0.224 e. The molecule has 3 nitrogen and oxygen atoms in total. The Kier molecular flexibility index (Phi) is 3.85. The molecular weight excluding hydrogens is 200 g/mol. The number of carbonyl (C=O) groups is 1. The van der Waals surface area contributed by atoms with Gasteiger partial charge in [0.05, 0.1) is 0 Å². The fraction of sp³-hybridized carbons (Fsp3) is 0.923. The maximum atomic E-state index is 12.2. The summed E-state index contributed by atoms with van der Waals surface area (Å²) in [6.07, 6.45) is 7.81. The van der Waals surface area contributed by atoms with Crippen LogP contribution in [0.1, 0.15) is 51.9 Å². The van der Waals surface area contributed by atoms with Crippen molar-refractivity contribution < 1.29 is 4.79 Å². The number of nitrogens with two attached hydrogens (primary N) is 1. The zero-order chi connectivity index (χ0) is 11.5. The van der Waals surface area contributed by atoms with Crippen molar-refractivity contribution in [3.63, 3.8) is 0 Å². The van der Waals surface area contributed by atoms with Crippen LogP contribution in [-0.2, 0) is 4.79 Å². The zero-order valence-electron chi connectivity index (χ0n) is 10.3. The summed E-state index contributed by atoms with van der Waals surface area (Å²) in [6, 6.07) is 0.597. The van der Waals surface area contributed by atoms with Crippen molar-refractivity contribution in [2.45, 2.75) is 64.0 Å². The molecule has 1 heterocycles. The molecule has 2 fully saturated rings. The van der Waals surface area contributed by atoms with Gasteiger partial charge in [-0.15, -0.1) is 0 Å². The average molecular weight is 224 g/mol. The second-order valence-corrected chi connectivity index (χ2v) is 5.36. The van der Waals surface area contributed by atoms with Crippen LogP contribution in [0.2, 0.25) is 0 Å². The third-order valence-electron chi connectivity index (χ3n) is 4.27. The van der Waals surface area contributed by atoms with Gasteiger partial charge in [-0.05, 0) is 38.0 Å². The van der Waals surface area contributed by atoms with E-state index in [0.29, 0.717) is 18.4 Å². The van der Waals surface area contributed by atoms with Crippen molar-refractivity contribution in [2.75, 3.05) is 6.54 Å². The van der Waals surface area contributed by atoms with Gasteiger partial charge in [0.15, 0.2) is 0 Å². The summed E-state index contributed by atoms with van der Waals surface area (Å²) in [5, 5.41) is 0. The molecule has 0 aromatic rings. The number of fused-ring (bicyclic) bond motifs is 1. The molecule has 2 aliphatic rings. The molecule has 1 aliphatic heterocycles. The van der Waals surface area contributed by atoms with Gasteiger partial charge in [0.2, 0.25) is 5.91 Å². The lowest BCUT2D eigenvalue weighted by molar-refractivity contribution is -0.136. The van der Waals surface area contributed by atoms with Crippen LogP contribution in [0.25, 0.3) is 0 Å². The summed E-state index contributed by atoms with van der Waals surface area (Å²) in [4.78, 5) is 14.3. The number of nitrogens with zero attached hydrogens (tertiary/aromatic N) is 1. The summed E-state index contributed by atoms with van der Waals surface area (Å²) >= 11 is 0. The minimum atomic E-state index is 0.0503. The van der Waals surface area contributed by atoms with E-state index in [1.54, 1.807) is 0 Å². The molecule has 0 radical (unpaired) electrons. The Balaban J connectivity index is 1.94. The normalized spacial score (nSPS) is 31.2. The molecule has 1 amide bonds. The quantitative estimate of drug-likeness (QED) is 0.796. The first-order chi connectivity index (χ1) is 7.72. The van der Waals surface area contributed by atoms with E-state index < -0.39 is 0 Å². The van der Waals surface area contributed by atoms with E-state index in [0.717, 1.165) is 18.9 Å². The van der Waals surface area contributed by atoms with Gasteiger partial charge in [0, 0.05) is 25.0 Å². The molecule has 16 heavy (non-hydrogen) atoms. The van der Waals surface area contributed by atoms with Crippen LogP contribution in [0.3, 0.4) is 0 Å². The van der Waals surface area contributed by atoms with Crippen LogP contribution in [-0.4, -0.2) is 29.4 Å². The van der Waals surface area contributed by atoms with Crippen LogP contribution in [0.15, 0.2) is 0 Å². The SMILES string of the molecule is CCC(N)CC(=O)N1CCCC2CCCC21. The van der Waals surface area contributed by atoms with Gasteiger partial charge < -0.3 is 10.6 Å². The third kappa shape index (κ3) is 2.40. The first-order valence-electron chi connectivity index (χ1n) is 6.77. The Morgan fingerprint density at radius 2 is 2.12 bits per heavy atom. The Hall–Kier alpha value is -0.570. The second kappa shape index (κ2) is 5.17. The van der Waals surface area contributed by atoms with E-state index in [1.165, 1.54) is 32.1 Å². The van der Waals surface area contributed by atoms with Gasteiger partial charge in [-0.25, -0.2) is 0 Å². The van der Waals surface area contributed by atoms with Gasteiger partial charge in [-0.3, -0.25) is 4.79 Å². The molecule has 3 atom stereocenters. The van der Waals surface area contributed by atoms with Crippen molar-refractivity contribution in [1.29, 1.82) is 0 Å². The summed E-state index contributed by atoms with van der Waals surface area (Å²) < 4.78 is 0. The van der Waals surface area contributed by atoms with Crippen LogP contribution in [0.5, 0.6) is 0 Å². The minimum Gasteiger partial charge on any atom is -0.339 e. The molecule has 2 rings (SSSR count). The lowest BCUT2D eigenvalue weighted by Gasteiger charge is -2.38. The molecule has 0 aromatic heterocycles. The highest BCUT2D eigenvalue weighted by molar-refractivity contribution is 5.77. The molecule has 1 saturated heterocycles. The Labute approximate surface area is 98.4 Å². The number of rotatable bonds is 3. The molecule has 1 aliphatic carbocycles. The number of carbonyl (C=O) groups excluding carboxylic acids is 1. The molecule has 2 N–H and O–H groups in total. The zero-order valence-corrected chi connectivity index (χ0v) is 10.3. The summed E-state index contributed by atoms with van der Waals surface area (Å²) in [5.41, 5.74) is 5.87. The van der Waals surface area contributed by atoms with Crippen molar-refractivity contribution in [2.24, 2.45) is 11.7 Å². The molecule has 0 bridgehead atoms. The first kappa shape index (κ1) is 11.9. The molecular formula is C13H24N2O. The maximum Gasteiger partial charge on any atom is 0.224 e. The van der Waals surface area contributed by atoms with E-state index in [4.69, 9.17) is 5.73 Å². The van der Waals surface area contributed by atoms with Gasteiger partial charge in [0.1, 0.15) is 0 Å². The fourth-order valence-corrected chi connectivity index (χ4v) is 3.25. The summed E-state index contributed by atoms with van der Waals surface area (Å²) in [7, 11) is 0. The average Bonchev–Trinajstić information content (AvgIpc) is 2.76. The topological polar surface area (TPSA) is 46.3 Å². The summed E-state index contributed by atoms with van der Waals surface area (Å²) in [5.74, 6) is 1.08. The van der Waals surface area contributed by atoms with Crippen LogP contribution in [0.4, 0.5) is 0 Å². The minimum absolute atomic E-state index is 0.0503. The van der Waals surface area contributed by atoms with E-state index >= 15 is 0 Å². The van der Waals surface area contributed by atoms with Crippen molar-refractivity contribution in [3.8, 4) is 0 Å².